The second kappa shape index (κ2) is 6.67. The van der Waals surface area contributed by atoms with Gasteiger partial charge in [-0.3, -0.25) is 9.69 Å². The maximum absolute atomic E-state index is 12.6. The molecule has 2 heterocycles. The molecule has 22 heavy (non-hydrogen) atoms. The van der Waals surface area contributed by atoms with Gasteiger partial charge in [-0.2, -0.15) is 0 Å². The van der Waals surface area contributed by atoms with Crippen molar-refractivity contribution in [1.29, 1.82) is 0 Å². The van der Waals surface area contributed by atoms with Crippen molar-refractivity contribution in [3.8, 4) is 5.69 Å². The fraction of sp³-hybridized carbons (Fsp3) is 0.389. The van der Waals surface area contributed by atoms with Crippen LogP contribution in [0.4, 0.5) is 0 Å². The third kappa shape index (κ3) is 3.26. The largest absolute Gasteiger partial charge is 0.320 e. The highest BCUT2D eigenvalue weighted by atomic mass is 35.5. The molecule has 2 aromatic rings. The number of rotatable bonds is 4. The van der Waals surface area contributed by atoms with Crippen molar-refractivity contribution in [2.45, 2.75) is 26.2 Å². The van der Waals surface area contributed by atoms with E-state index in [0.29, 0.717) is 6.54 Å². The number of nitrogens with zero attached hydrogens (tertiary/aromatic N) is 2. The first kappa shape index (κ1) is 15.3. The summed E-state index contributed by atoms with van der Waals surface area (Å²) in [6.07, 6.45) is 5.66. The van der Waals surface area contributed by atoms with Crippen LogP contribution < -0.4 is 0 Å². The van der Waals surface area contributed by atoms with Crippen LogP contribution in [0.3, 0.4) is 0 Å². The van der Waals surface area contributed by atoms with E-state index < -0.39 is 0 Å². The van der Waals surface area contributed by atoms with Crippen LogP contribution in [0, 0.1) is 6.92 Å². The Morgan fingerprint density at radius 2 is 1.77 bits per heavy atom. The molecule has 3 nitrogen and oxygen atoms in total. The number of piperidine rings is 1. The number of likely N-dealkylation sites (tertiary alicyclic amines) is 1. The summed E-state index contributed by atoms with van der Waals surface area (Å²) in [5, 5.41) is 0.718. The van der Waals surface area contributed by atoms with Gasteiger partial charge in [0.05, 0.1) is 6.54 Å². The van der Waals surface area contributed by atoms with Crippen LogP contribution in [0.15, 0.2) is 36.5 Å². The van der Waals surface area contributed by atoms with Crippen molar-refractivity contribution in [3.05, 3.63) is 52.8 Å². The predicted octanol–water partition coefficient (Wildman–Crippen LogP) is 4.11. The molecule has 1 fully saturated rings. The van der Waals surface area contributed by atoms with Crippen molar-refractivity contribution in [3.63, 3.8) is 0 Å². The van der Waals surface area contributed by atoms with Gasteiger partial charge < -0.3 is 4.57 Å². The molecule has 0 unspecified atom stereocenters. The molecule has 1 aliphatic rings. The van der Waals surface area contributed by atoms with Gasteiger partial charge in [0, 0.05) is 28.2 Å². The van der Waals surface area contributed by atoms with Crippen LogP contribution in [0.2, 0.25) is 5.02 Å². The topological polar surface area (TPSA) is 25.2 Å². The molecule has 0 aliphatic carbocycles. The number of benzene rings is 1. The number of halogens is 1. The number of carbonyl (C=O) groups excluding carboxylic acids is 1. The zero-order valence-electron chi connectivity index (χ0n) is 12.9. The number of aromatic nitrogens is 1. The highest BCUT2D eigenvalue weighted by Gasteiger charge is 2.18. The summed E-state index contributed by atoms with van der Waals surface area (Å²) in [5.74, 6) is 0.215. The molecular weight excluding hydrogens is 296 g/mol. The fourth-order valence-corrected chi connectivity index (χ4v) is 3.22. The molecular formula is C18H21ClN2O. The lowest BCUT2D eigenvalue weighted by molar-refractivity contribution is 0.0915. The highest BCUT2D eigenvalue weighted by Crippen LogP contribution is 2.20. The normalized spacial score (nSPS) is 15.9. The summed E-state index contributed by atoms with van der Waals surface area (Å²) >= 11 is 5.93. The molecule has 116 valence electrons. The lowest BCUT2D eigenvalue weighted by atomic mass is 10.1. The van der Waals surface area contributed by atoms with E-state index in [1.54, 1.807) is 0 Å². The van der Waals surface area contributed by atoms with Crippen molar-refractivity contribution < 1.29 is 4.79 Å². The quantitative estimate of drug-likeness (QED) is 0.793. The van der Waals surface area contributed by atoms with Crippen LogP contribution in [-0.4, -0.2) is 34.9 Å². The molecule has 1 aromatic heterocycles. The maximum Gasteiger partial charge on any atom is 0.178 e. The molecule has 0 N–H and O–H groups in total. The number of hydrogen-bond acceptors (Lipinski definition) is 2. The molecule has 0 amide bonds. The lowest BCUT2D eigenvalue weighted by Gasteiger charge is -2.25. The van der Waals surface area contributed by atoms with Gasteiger partial charge in [-0.1, -0.05) is 18.0 Å². The van der Waals surface area contributed by atoms with Gasteiger partial charge in [0.15, 0.2) is 5.78 Å². The first-order valence-electron chi connectivity index (χ1n) is 7.84. The highest BCUT2D eigenvalue weighted by molar-refractivity contribution is 6.30. The van der Waals surface area contributed by atoms with E-state index in [1.807, 2.05) is 48.0 Å². The Morgan fingerprint density at radius 3 is 2.45 bits per heavy atom. The van der Waals surface area contributed by atoms with Crippen LogP contribution in [0.25, 0.3) is 5.69 Å². The van der Waals surface area contributed by atoms with Crippen LogP contribution >= 0.6 is 11.6 Å². The third-order valence-corrected chi connectivity index (χ3v) is 4.61. The average Bonchev–Trinajstić information content (AvgIpc) is 2.91. The smallest absolute Gasteiger partial charge is 0.178 e. The van der Waals surface area contributed by atoms with Crippen LogP contribution in [-0.2, 0) is 0 Å². The first-order valence-corrected chi connectivity index (χ1v) is 8.22. The summed E-state index contributed by atoms with van der Waals surface area (Å²) in [6, 6.07) is 9.59. The van der Waals surface area contributed by atoms with E-state index >= 15 is 0 Å². The summed E-state index contributed by atoms with van der Waals surface area (Å²) in [7, 11) is 0. The van der Waals surface area contributed by atoms with Crippen molar-refractivity contribution >= 4 is 17.4 Å². The number of carbonyl (C=O) groups is 1. The molecule has 3 rings (SSSR count). The summed E-state index contributed by atoms with van der Waals surface area (Å²) < 4.78 is 2.04. The minimum Gasteiger partial charge on any atom is -0.320 e. The number of hydrogen-bond donors (Lipinski definition) is 0. The average molecular weight is 317 g/mol. The summed E-state index contributed by atoms with van der Waals surface area (Å²) in [5.41, 5.74) is 2.84. The minimum atomic E-state index is 0.215. The van der Waals surface area contributed by atoms with E-state index in [-0.39, 0.29) is 5.78 Å². The Morgan fingerprint density at radius 1 is 1.09 bits per heavy atom. The molecule has 0 radical (unpaired) electrons. The zero-order valence-corrected chi connectivity index (χ0v) is 13.6. The Hall–Kier alpha value is -1.58. The van der Waals surface area contributed by atoms with E-state index in [9.17, 15) is 4.79 Å². The summed E-state index contributed by atoms with van der Waals surface area (Å²) in [6.45, 7) is 4.62. The van der Waals surface area contributed by atoms with Crippen LogP contribution in [0.5, 0.6) is 0 Å². The SMILES string of the molecule is Cc1c(C(=O)CN2CCCCC2)ccn1-c1ccc(Cl)cc1. The molecule has 0 atom stereocenters. The lowest BCUT2D eigenvalue weighted by Crippen LogP contribution is -2.34. The Labute approximate surface area is 136 Å². The molecule has 4 heteroatoms. The standard InChI is InChI=1S/C18H21ClN2O/c1-14-17(18(22)13-20-10-3-2-4-11-20)9-12-21(14)16-7-5-15(19)6-8-16/h5-9,12H,2-4,10-11,13H2,1H3. The van der Waals surface area contributed by atoms with E-state index in [0.717, 1.165) is 35.1 Å². The third-order valence-electron chi connectivity index (χ3n) is 4.36. The number of Topliss-reactive ketones (excluding diaryl/α,β-unsaturated/α-hetero) is 1. The second-order valence-corrected chi connectivity index (χ2v) is 6.36. The fourth-order valence-electron chi connectivity index (χ4n) is 3.09. The zero-order chi connectivity index (χ0) is 15.5. The van der Waals surface area contributed by atoms with Gasteiger partial charge in [-0.25, -0.2) is 0 Å². The molecule has 1 aliphatic heterocycles. The van der Waals surface area contributed by atoms with E-state index in [2.05, 4.69) is 4.90 Å². The Bertz CT molecular complexity index is 654. The monoisotopic (exact) mass is 316 g/mol. The Kier molecular flexibility index (Phi) is 4.65. The predicted molar refractivity (Wildman–Crippen MR) is 90.1 cm³/mol. The maximum atomic E-state index is 12.6. The van der Waals surface area contributed by atoms with Gasteiger partial charge in [0.25, 0.3) is 0 Å². The van der Waals surface area contributed by atoms with Crippen LogP contribution in [0.1, 0.15) is 35.3 Å². The number of ketones is 1. The van der Waals surface area contributed by atoms with Gasteiger partial charge in [-0.05, 0) is 63.2 Å². The summed E-state index contributed by atoms with van der Waals surface area (Å²) in [4.78, 5) is 14.8. The van der Waals surface area contributed by atoms with E-state index in [1.165, 1.54) is 19.3 Å². The van der Waals surface area contributed by atoms with Crippen molar-refractivity contribution in [2.75, 3.05) is 19.6 Å². The molecule has 0 bridgehead atoms. The van der Waals surface area contributed by atoms with Gasteiger partial charge in [-0.15, -0.1) is 0 Å². The molecule has 1 aromatic carbocycles. The van der Waals surface area contributed by atoms with E-state index in [4.69, 9.17) is 11.6 Å². The first-order chi connectivity index (χ1) is 10.6. The van der Waals surface area contributed by atoms with Crippen molar-refractivity contribution in [1.82, 2.24) is 9.47 Å². The van der Waals surface area contributed by atoms with Gasteiger partial charge >= 0.3 is 0 Å². The molecule has 0 spiro atoms. The minimum absolute atomic E-state index is 0.215. The molecule has 1 saturated heterocycles. The van der Waals surface area contributed by atoms with Crippen molar-refractivity contribution in [2.24, 2.45) is 0 Å². The molecule has 0 saturated carbocycles. The Balaban J connectivity index is 1.77. The van der Waals surface area contributed by atoms with Gasteiger partial charge in [0.1, 0.15) is 0 Å². The second-order valence-electron chi connectivity index (χ2n) is 5.92. The van der Waals surface area contributed by atoms with Gasteiger partial charge in [0.2, 0.25) is 0 Å².